The van der Waals surface area contributed by atoms with E-state index < -0.39 is 0 Å². The molecular weight excluding hydrogens is 286 g/mol. The van der Waals surface area contributed by atoms with Gasteiger partial charge in [0.1, 0.15) is 11.6 Å². The van der Waals surface area contributed by atoms with Gasteiger partial charge < -0.3 is 9.88 Å². The van der Waals surface area contributed by atoms with E-state index in [0.29, 0.717) is 5.41 Å². The first kappa shape index (κ1) is 15.9. The minimum Gasteiger partial charge on any atom is -0.369 e. The van der Waals surface area contributed by atoms with Crippen LogP contribution in [0, 0.1) is 16.7 Å². The van der Waals surface area contributed by atoms with Crippen LogP contribution in [0.2, 0.25) is 0 Å². The summed E-state index contributed by atoms with van der Waals surface area (Å²) in [4.78, 5) is 17.4. The number of hydrogen-bond acceptors (Lipinski definition) is 3. The van der Waals surface area contributed by atoms with Crippen molar-refractivity contribution in [2.24, 2.45) is 5.41 Å². The number of rotatable bonds is 1. The highest BCUT2D eigenvalue weighted by atomic mass is 16.1. The van der Waals surface area contributed by atoms with E-state index in [1.54, 1.807) is 0 Å². The fourth-order valence-corrected chi connectivity index (χ4v) is 4.41. The number of aromatic nitrogens is 1. The molecule has 1 aliphatic heterocycles. The number of nitriles is 1. The Bertz CT molecular complexity index is 807. The van der Waals surface area contributed by atoms with Crippen molar-refractivity contribution < 1.29 is 0 Å². The molecule has 1 aliphatic carbocycles. The van der Waals surface area contributed by atoms with Gasteiger partial charge in [-0.15, -0.1) is 0 Å². The standard InChI is InChI=1S/C19H25N3O/c1-3-14-16(4-2)21-18(23)15(12-20)17(14)22-11-10-19(13-22)8-6-5-7-9-19/h3-4H,5-11,13H2,1-2H3,(H,21,23)/b14-3+,16-4+. The Morgan fingerprint density at radius 3 is 2.52 bits per heavy atom. The number of hydrogen-bond donors (Lipinski definition) is 1. The molecule has 122 valence electrons. The predicted octanol–water partition coefficient (Wildman–Crippen LogP) is 2.01. The third-order valence-electron chi connectivity index (χ3n) is 5.62. The molecule has 0 amide bonds. The number of aromatic amines is 1. The van der Waals surface area contributed by atoms with Crippen LogP contribution in [-0.2, 0) is 0 Å². The molecule has 0 bridgehead atoms. The maximum atomic E-state index is 12.3. The first-order chi connectivity index (χ1) is 11.1. The molecule has 0 aromatic carbocycles. The van der Waals surface area contributed by atoms with Crippen molar-refractivity contribution in [3.63, 3.8) is 0 Å². The smallest absolute Gasteiger partial charge is 0.268 e. The van der Waals surface area contributed by atoms with Crippen molar-refractivity contribution in [1.29, 1.82) is 5.26 Å². The van der Waals surface area contributed by atoms with E-state index in [1.165, 1.54) is 38.5 Å². The highest BCUT2D eigenvalue weighted by molar-refractivity contribution is 5.62. The SMILES string of the molecule is C/C=c1/c(N2CCC3(CCCCC3)C2)c(C#N)c(=O)[nH]/c1=C/C. The van der Waals surface area contributed by atoms with E-state index in [4.69, 9.17) is 0 Å². The molecule has 4 heteroatoms. The molecule has 1 saturated heterocycles. The van der Waals surface area contributed by atoms with Crippen LogP contribution < -0.4 is 21.0 Å². The summed E-state index contributed by atoms with van der Waals surface area (Å²) in [5.41, 5.74) is 1.23. The molecule has 1 aromatic heterocycles. The first-order valence-electron chi connectivity index (χ1n) is 8.68. The van der Waals surface area contributed by atoms with E-state index in [2.05, 4.69) is 16.0 Å². The summed E-state index contributed by atoms with van der Waals surface area (Å²) in [5, 5.41) is 11.3. The molecular formula is C19H25N3O. The number of anilines is 1. The second-order valence-corrected chi connectivity index (χ2v) is 6.93. The average Bonchev–Trinajstić information content (AvgIpc) is 2.97. The zero-order valence-electron chi connectivity index (χ0n) is 14.1. The summed E-state index contributed by atoms with van der Waals surface area (Å²) in [6, 6.07) is 2.14. The van der Waals surface area contributed by atoms with Gasteiger partial charge in [0.15, 0.2) is 0 Å². The molecule has 3 rings (SSSR count). The second-order valence-electron chi connectivity index (χ2n) is 6.93. The summed E-state index contributed by atoms with van der Waals surface area (Å²) in [6.45, 7) is 5.82. The lowest BCUT2D eigenvalue weighted by Gasteiger charge is -2.33. The summed E-state index contributed by atoms with van der Waals surface area (Å²) in [6.07, 6.45) is 11.6. The van der Waals surface area contributed by atoms with Gasteiger partial charge in [0.2, 0.25) is 0 Å². The van der Waals surface area contributed by atoms with Gasteiger partial charge in [-0.2, -0.15) is 5.26 Å². The van der Waals surface area contributed by atoms with E-state index in [0.717, 1.165) is 29.3 Å². The second kappa shape index (κ2) is 6.23. The van der Waals surface area contributed by atoms with E-state index >= 15 is 0 Å². The van der Waals surface area contributed by atoms with E-state index in [1.807, 2.05) is 26.0 Å². The third-order valence-corrected chi connectivity index (χ3v) is 5.62. The Labute approximate surface area is 137 Å². The molecule has 1 aromatic rings. The van der Waals surface area contributed by atoms with Crippen LogP contribution in [0.25, 0.3) is 12.2 Å². The molecule has 1 N–H and O–H groups in total. The minimum atomic E-state index is -0.272. The third kappa shape index (κ3) is 2.69. The van der Waals surface area contributed by atoms with Crippen molar-refractivity contribution in [2.45, 2.75) is 52.4 Å². The predicted molar refractivity (Wildman–Crippen MR) is 93.7 cm³/mol. The Morgan fingerprint density at radius 2 is 1.91 bits per heavy atom. The molecule has 4 nitrogen and oxygen atoms in total. The normalized spacial score (nSPS) is 21.9. The molecule has 1 saturated carbocycles. The average molecular weight is 311 g/mol. The van der Waals surface area contributed by atoms with Crippen molar-refractivity contribution in [1.82, 2.24) is 4.98 Å². The quantitative estimate of drug-likeness (QED) is 0.863. The molecule has 0 unspecified atom stereocenters. The van der Waals surface area contributed by atoms with Gasteiger partial charge in [-0.05, 0) is 38.5 Å². The van der Waals surface area contributed by atoms with E-state index in [9.17, 15) is 10.1 Å². The first-order valence-corrected chi connectivity index (χ1v) is 8.68. The Kier molecular flexibility index (Phi) is 4.30. The van der Waals surface area contributed by atoms with Gasteiger partial charge in [-0.3, -0.25) is 4.79 Å². The zero-order chi connectivity index (χ0) is 16.4. The van der Waals surface area contributed by atoms with Gasteiger partial charge in [0.25, 0.3) is 5.56 Å². The van der Waals surface area contributed by atoms with Gasteiger partial charge in [-0.1, -0.05) is 31.4 Å². The fourth-order valence-electron chi connectivity index (χ4n) is 4.41. The summed E-state index contributed by atoms with van der Waals surface area (Å²) >= 11 is 0. The Balaban J connectivity index is 2.12. The number of nitrogens with one attached hydrogen (secondary N) is 1. The van der Waals surface area contributed by atoms with Gasteiger partial charge in [-0.25, -0.2) is 0 Å². The van der Waals surface area contributed by atoms with Gasteiger partial charge >= 0.3 is 0 Å². The highest BCUT2D eigenvalue weighted by Crippen LogP contribution is 2.44. The summed E-state index contributed by atoms with van der Waals surface area (Å²) in [7, 11) is 0. The highest BCUT2D eigenvalue weighted by Gasteiger charge is 2.39. The molecule has 0 radical (unpaired) electrons. The molecule has 1 spiro atoms. The molecule has 2 fully saturated rings. The lowest BCUT2D eigenvalue weighted by molar-refractivity contribution is 0.219. The monoisotopic (exact) mass is 311 g/mol. The number of pyridine rings is 1. The van der Waals surface area contributed by atoms with Crippen LogP contribution in [0.3, 0.4) is 0 Å². The summed E-state index contributed by atoms with van der Waals surface area (Å²) in [5.74, 6) is 0. The van der Waals surface area contributed by atoms with Crippen LogP contribution in [-0.4, -0.2) is 18.1 Å². The van der Waals surface area contributed by atoms with Crippen molar-refractivity contribution >= 4 is 17.8 Å². The van der Waals surface area contributed by atoms with Crippen LogP contribution >= 0.6 is 0 Å². The fraction of sp³-hybridized carbons (Fsp3) is 0.579. The lowest BCUT2D eigenvalue weighted by atomic mass is 9.73. The maximum Gasteiger partial charge on any atom is 0.268 e. The molecule has 2 heterocycles. The minimum absolute atomic E-state index is 0.261. The summed E-state index contributed by atoms with van der Waals surface area (Å²) < 4.78 is 0. The molecule has 23 heavy (non-hydrogen) atoms. The lowest BCUT2D eigenvalue weighted by Crippen LogP contribution is -2.42. The van der Waals surface area contributed by atoms with Gasteiger partial charge in [0.05, 0.1) is 5.69 Å². The molecule has 2 aliphatic rings. The van der Waals surface area contributed by atoms with Crippen LogP contribution in [0.15, 0.2) is 4.79 Å². The topological polar surface area (TPSA) is 59.9 Å². The number of nitrogens with zero attached hydrogens (tertiary/aromatic N) is 2. The zero-order valence-corrected chi connectivity index (χ0v) is 14.1. The van der Waals surface area contributed by atoms with E-state index in [-0.39, 0.29) is 11.1 Å². The Morgan fingerprint density at radius 1 is 1.17 bits per heavy atom. The van der Waals surface area contributed by atoms with Gasteiger partial charge in [0, 0.05) is 23.7 Å². The van der Waals surface area contributed by atoms with Crippen molar-refractivity contribution in [2.75, 3.05) is 18.0 Å². The Hall–Kier alpha value is -2.02. The van der Waals surface area contributed by atoms with Crippen LogP contribution in [0.4, 0.5) is 5.69 Å². The largest absolute Gasteiger partial charge is 0.369 e. The maximum absolute atomic E-state index is 12.3. The van der Waals surface area contributed by atoms with Crippen molar-refractivity contribution in [3.05, 3.63) is 26.5 Å². The van der Waals surface area contributed by atoms with Crippen LogP contribution in [0.1, 0.15) is 57.9 Å². The van der Waals surface area contributed by atoms with Crippen LogP contribution in [0.5, 0.6) is 0 Å². The number of H-pyrrole nitrogens is 1. The van der Waals surface area contributed by atoms with Crippen molar-refractivity contribution in [3.8, 4) is 6.07 Å². The molecule has 0 atom stereocenters.